The number of likely N-dealkylation sites (N-methyl/N-ethyl adjacent to an activating group) is 1. The third-order valence-electron chi connectivity index (χ3n) is 2.26. The Bertz CT molecular complexity index is 324. The lowest BCUT2D eigenvalue weighted by Crippen LogP contribution is -3.11. The van der Waals surface area contributed by atoms with Crippen LogP contribution in [0.1, 0.15) is 12.5 Å². The van der Waals surface area contributed by atoms with Crippen LogP contribution in [0, 0.1) is 5.82 Å². The number of carbonyl (C=O) groups is 1. The summed E-state index contributed by atoms with van der Waals surface area (Å²) in [6.45, 7) is 3.16. The van der Waals surface area contributed by atoms with Crippen molar-refractivity contribution in [3.63, 3.8) is 0 Å². The molecule has 0 aliphatic rings. The lowest BCUT2D eigenvalue weighted by molar-refractivity contribution is -0.906. The zero-order valence-electron chi connectivity index (χ0n) is 8.63. The van der Waals surface area contributed by atoms with E-state index in [0.717, 1.165) is 10.5 Å². The first kappa shape index (κ1) is 11.7. The van der Waals surface area contributed by atoms with Gasteiger partial charge >= 0.3 is 0 Å². The molecule has 1 rings (SSSR count). The average molecular weight is 211 g/mol. The summed E-state index contributed by atoms with van der Waals surface area (Å²) in [7, 11) is 0. The van der Waals surface area contributed by atoms with Gasteiger partial charge in [-0.1, -0.05) is 12.1 Å². The summed E-state index contributed by atoms with van der Waals surface area (Å²) in [6, 6.07) is 6.09. The van der Waals surface area contributed by atoms with Crippen LogP contribution in [-0.2, 0) is 11.3 Å². The summed E-state index contributed by atoms with van der Waals surface area (Å²) in [5.41, 5.74) is 0.925. The molecule has 1 N–H and O–H groups in total. The molecule has 1 aromatic rings. The summed E-state index contributed by atoms with van der Waals surface area (Å²) in [5, 5.41) is 10.4. The van der Waals surface area contributed by atoms with Gasteiger partial charge in [0, 0.05) is 5.56 Å². The fourth-order valence-electron chi connectivity index (χ4n) is 1.41. The highest BCUT2D eigenvalue weighted by Crippen LogP contribution is 2.00. The number of carbonyl (C=O) groups excluding carboxylic acids is 1. The molecule has 1 unspecified atom stereocenters. The molecule has 0 amide bonds. The standard InChI is InChI=1S/C11H14FNO2/c1-2-13(8-11(14)15)7-9-3-5-10(12)6-4-9/h3-6H,2,7-8H2,1H3,(H,14,15). The molecule has 0 fully saturated rings. The van der Waals surface area contributed by atoms with Gasteiger partial charge in [0.15, 0.2) is 0 Å². The number of carboxylic acids is 1. The van der Waals surface area contributed by atoms with Crippen molar-refractivity contribution in [3.05, 3.63) is 35.6 Å². The van der Waals surface area contributed by atoms with Gasteiger partial charge < -0.3 is 14.8 Å². The average Bonchev–Trinajstić information content (AvgIpc) is 2.19. The zero-order valence-corrected chi connectivity index (χ0v) is 8.63. The van der Waals surface area contributed by atoms with Gasteiger partial charge in [-0.3, -0.25) is 0 Å². The Labute approximate surface area is 88.1 Å². The predicted octanol–water partition coefficient (Wildman–Crippen LogP) is -1.02. The smallest absolute Gasteiger partial charge is 0.123 e. The first-order valence-electron chi connectivity index (χ1n) is 4.89. The van der Waals surface area contributed by atoms with Crippen LogP contribution in [0.25, 0.3) is 0 Å². The Morgan fingerprint density at radius 2 is 2.00 bits per heavy atom. The molecule has 0 radical (unpaired) electrons. The Morgan fingerprint density at radius 3 is 2.47 bits per heavy atom. The van der Waals surface area contributed by atoms with Gasteiger partial charge in [-0.15, -0.1) is 0 Å². The van der Waals surface area contributed by atoms with Crippen LogP contribution in [-0.4, -0.2) is 19.1 Å². The fourth-order valence-corrected chi connectivity index (χ4v) is 1.41. The highest BCUT2D eigenvalue weighted by atomic mass is 19.1. The summed E-state index contributed by atoms with van der Waals surface area (Å²) < 4.78 is 12.6. The molecule has 3 nitrogen and oxygen atoms in total. The topological polar surface area (TPSA) is 44.6 Å². The van der Waals surface area contributed by atoms with E-state index in [1.807, 2.05) is 6.92 Å². The molecule has 82 valence electrons. The largest absolute Gasteiger partial charge is 0.544 e. The van der Waals surface area contributed by atoms with Crippen molar-refractivity contribution in [2.75, 3.05) is 13.1 Å². The van der Waals surface area contributed by atoms with E-state index in [2.05, 4.69) is 0 Å². The molecule has 0 bridgehead atoms. The van der Waals surface area contributed by atoms with Crippen LogP contribution in [0.3, 0.4) is 0 Å². The third-order valence-corrected chi connectivity index (χ3v) is 2.26. The van der Waals surface area contributed by atoms with Gasteiger partial charge in [-0.25, -0.2) is 4.39 Å². The molecule has 4 heteroatoms. The molecule has 0 aliphatic carbocycles. The second-order valence-corrected chi connectivity index (χ2v) is 3.46. The molecular weight excluding hydrogens is 197 g/mol. The Morgan fingerprint density at radius 1 is 1.40 bits per heavy atom. The molecule has 1 atom stereocenters. The normalized spacial score (nSPS) is 12.4. The maximum atomic E-state index is 12.6. The van der Waals surface area contributed by atoms with Crippen molar-refractivity contribution in [2.24, 2.45) is 0 Å². The molecule has 0 heterocycles. The number of halogens is 1. The molecule has 15 heavy (non-hydrogen) atoms. The third kappa shape index (κ3) is 4.08. The first-order chi connectivity index (χ1) is 7.11. The van der Waals surface area contributed by atoms with E-state index in [9.17, 15) is 14.3 Å². The van der Waals surface area contributed by atoms with E-state index in [0.29, 0.717) is 13.1 Å². The van der Waals surface area contributed by atoms with Crippen molar-refractivity contribution in [3.8, 4) is 0 Å². The van der Waals surface area contributed by atoms with Crippen LogP contribution in [0.5, 0.6) is 0 Å². The van der Waals surface area contributed by atoms with E-state index in [-0.39, 0.29) is 12.4 Å². The van der Waals surface area contributed by atoms with Crippen LogP contribution in [0.2, 0.25) is 0 Å². The number of aliphatic carboxylic acids is 1. The van der Waals surface area contributed by atoms with Crippen LogP contribution < -0.4 is 10.0 Å². The molecule has 0 aliphatic heterocycles. The Kier molecular flexibility index (Phi) is 4.24. The van der Waals surface area contributed by atoms with Crippen molar-refractivity contribution in [1.82, 2.24) is 0 Å². The maximum absolute atomic E-state index is 12.6. The van der Waals surface area contributed by atoms with Gasteiger partial charge in [0.1, 0.15) is 18.9 Å². The minimum absolute atomic E-state index is 0.0200. The minimum atomic E-state index is -1.06. The quantitative estimate of drug-likeness (QED) is 0.677. The maximum Gasteiger partial charge on any atom is 0.123 e. The van der Waals surface area contributed by atoms with Crippen LogP contribution in [0.4, 0.5) is 4.39 Å². The van der Waals surface area contributed by atoms with Crippen LogP contribution in [0.15, 0.2) is 24.3 Å². The highest BCUT2D eigenvalue weighted by Gasteiger charge is 2.07. The van der Waals surface area contributed by atoms with E-state index < -0.39 is 5.97 Å². The molecule has 0 aromatic heterocycles. The minimum Gasteiger partial charge on any atom is -0.544 e. The predicted molar refractivity (Wildman–Crippen MR) is 51.5 cm³/mol. The lowest BCUT2D eigenvalue weighted by atomic mass is 10.2. The lowest BCUT2D eigenvalue weighted by Gasteiger charge is -2.17. The number of hydrogen-bond acceptors (Lipinski definition) is 2. The van der Waals surface area contributed by atoms with Crippen molar-refractivity contribution >= 4 is 5.97 Å². The van der Waals surface area contributed by atoms with E-state index >= 15 is 0 Å². The van der Waals surface area contributed by atoms with Gasteiger partial charge in [-0.05, 0) is 19.1 Å². The SMILES string of the molecule is CC[NH+](CC(=O)[O-])Cc1ccc(F)cc1. The van der Waals surface area contributed by atoms with Gasteiger partial charge in [-0.2, -0.15) is 0 Å². The summed E-state index contributed by atoms with van der Waals surface area (Å²) in [5.74, 6) is -1.34. The molecule has 1 aromatic carbocycles. The van der Waals surface area contributed by atoms with E-state index in [1.54, 1.807) is 12.1 Å². The number of benzene rings is 1. The zero-order chi connectivity index (χ0) is 11.3. The van der Waals surface area contributed by atoms with Gasteiger partial charge in [0.05, 0.1) is 12.5 Å². The molecule has 0 saturated heterocycles. The first-order valence-corrected chi connectivity index (χ1v) is 4.89. The Balaban J connectivity index is 2.58. The molecule has 0 saturated carbocycles. The van der Waals surface area contributed by atoms with Crippen molar-refractivity contribution < 1.29 is 19.2 Å². The van der Waals surface area contributed by atoms with Crippen molar-refractivity contribution in [1.29, 1.82) is 0 Å². The number of carboxylic acid groups (broad SMARTS) is 1. The summed E-state index contributed by atoms with van der Waals surface area (Å²) >= 11 is 0. The number of rotatable bonds is 5. The second kappa shape index (κ2) is 5.46. The number of hydrogen-bond donors (Lipinski definition) is 1. The van der Waals surface area contributed by atoms with Crippen LogP contribution >= 0.6 is 0 Å². The monoisotopic (exact) mass is 211 g/mol. The highest BCUT2D eigenvalue weighted by molar-refractivity contribution is 5.65. The number of quaternary nitrogens is 1. The second-order valence-electron chi connectivity index (χ2n) is 3.46. The van der Waals surface area contributed by atoms with Gasteiger partial charge in [0.25, 0.3) is 0 Å². The number of nitrogens with one attached hydrogen (secondary N) is 1. The Hall–Kier alpha value is -1.42. The van der Waals surface area contributed by atoms with Crippen molar-refractivity contribution in [2.45, 2.75) is 13.5 Å². The summed E-state index contributed by atoms with van der Waals surface area (Å²) in [4.78, 5) is 11.3. The molecule has 0 spiro atoms. The summed E-state index contributed by atoms with van der Waals surface area (Å²) in [6.07, 6.45) is 0. The molecular formula is C11H14FNO2. The van der Waals surface area contributed by atoms with E-state index in [1.165, 1.54) is 12.1 Å². The fraction of sp³-hybridized carbons (Fsp3) is 0.364. The van der Waals surface area contributed by atoms with E-state index in [4.69, 9.17) is 0 Å². The van der Waals surface area contributed by atoms with Gasteiger partial charge in [0.2, 0.25) is 0 Å².